The molecule has 0 saturated carbocycles. The largest absolute Gasteiger partial charge is 0.288 e. The minimum absolute atomic E-state index is 0.176. The third-order valence-corrected chi connectivity index (χ3v) is 3.25. The van der Waals surface area contributed by atoms with Crippen LogP contribution in [0.15, 0.2) is 30.5 Å². The minimum atomic E-state index is 0.176. The van der Waals surface area contributed by atoms with E-state index in [0.717, 1.165) is 28.6 Å². The molecule has 0 saturated heterocycles. The topological polar surface area (TPSA) is 45.8 Å². The average Bonchev–Trinajstić information content (AvgIpc) is 2.77. The van der Waals surface area contributed by atoms with Gasteiger partial charge < -0.3 is 0 Å². The Balaban J connectivity index is 2.00. The number of nitrogens with one attached hydrogen (secondary N) is 1. The van der Waals surface area contributed by atoms with E-state index in [4.69, 9.17) is 0 Å². The predicted octanol–water partition coefficient (Wildman–Crippen LogP) is 3.25. The number of hydrogen-bond donors (Lipinski definition) is 1. The number of thioether (sulfide) groups is 1. The molecule has 0 aliphatic heterocycles. The van der Waals surface area contributed by atoms with E-state index >= 15 is 0 Å². The van der Waals surface area contributed by atoms with Crippen LogP contribution in [-0.2, 0) is 4.79 Å². The molecule has 0 fully saturated rings. The second-order valence-corrected chi connectivity index (χ2v) is 4.98. The average molecular weight is 246 g/mol. The molecule has 1 N–H and O–H groups in total. The zero-order chi connectivity index (χ0) is 12.1. The molecule has 0 aliphatic carbocycles. The van der Waals surface area contributed by atoms with Crippen LogP contribution in [-0.4, -0.2) is 21.1 Å². The molecule has 0 unspecified atom stereocenters. The Morgan fingerprint density at radius 3 is 3.24 bits per heavy atom. The van der Waals surface area contributed by atoms with E-state index in [1.165, 1.54) is 11.8 Å². The summed E-state index contributed by atoms with van der Waals surface area (Å²) in [5.74, 6) is 0.840. The number of aromatic nitrogens is 2. The van der Waals surface area contributed by atoms with Crippen LogP contribution in [0.1, 0.15) is 18.9 Å². The van der Waals surface area contributed by atoms with Crippen LogP contribution in [0.2, 0.25) is 0 Å². The molecular formula is C13H14N2OS. The van der Waals surface area contributed by atoms with Gasteiger partial charge in [0.1, 0.15) is 0 Å². The first kappa shape index (κ1) is 11.9. The van der Waals surface area contributed by atoms with Crippen molar-refractivity contribution in [3.63, 3.8) is 0 Å². The predicted molar refractivity (Wildman–Crippen MR) is 72.9 cm³/mol. The number of rotatable bonds is 4. The summed E-state index contributed by atoms with van der Waals surface area (Å²) < 4.78 is 0. The van der Waals surface area contributed by atoms with Crippen molar-refractivity contribution in [1.82, 2.24) is 10.2 Å². The molecule has 1 aromatic carbocycles. The summed E-state index contributed by atoms with van der Waals surface area (Å²) in [6, 6.07) is 6.07. The first-order chi connectivity index (χ1) is 8.27. The molecule has 0 amide bonds. The first-order valence-electron chi connectivity index (χ1n) is 5.49. The highest BCUT2D eigenvalue weighted by atomic mass is 32.2. The van der Waals surface area contributed by atoms with Crippen molar-refractivity contribution in [2.75, 3.05) is 5.75 Å². The van der Waals surface area contributed by atoms with Crippen LogP contribution in [0.25, 0.3) is 17.0 Å². The molecule has 4 heteroatoms. The zero-order valence-corrected chi connectivity index (χ0v) is 10.5. The Labute approximate surface area is 104 Å². The SMILES string of the molecule is CC(=O)SCCC=Cc1cccc2[nH]ncc12. The maximum absolute atomic E-state index is 10.7. The number of hydrogen-bond acceptors (Lipinski definition) is 3. The molecule has 2 rings (SSSR count). The van der Waals surface area contributed by atoms with Gasteiger partial charge in [-0.25, -0.2) is 0 Å². The van der Waals surface area contributed by atoms with E-state index in [2.05, 4.69) is 28.4 Å². The van der Waals surface area contributed by atoms with Crippen molar-refractivity contribution in [3.8, 4) is 0 Å². The molecule has 0 bridgehead atoms. The molecule has 0 radical (unpaired) electrons. The van der Waals surface area contributed by atoms with Crippen molar-refractivity contribution in [1.29, 1.82) is 0 Å². The summed E-state index contributed by atoms with van der Waals surface area (Å²) in [6.07, 6.45) is 6.91. The molecule has 0 spiro atoms. The highest BCUT2D eigenvalue weighted by Crippen LogP contribution is 2.17. The lowest BCUT2D eigenvalue weighted by Gasteiger charge is -1.96. The maximum Gasteiger partial charge on any atom is 0.185 e. The smallest absolute Gasteiger partial charge is 0.185 e. The maximum atomic E-state index is 10.7. The molecule has 2 aromatic rings. The third-order valence-electron chi connectivity index (χ3n) is 2.41. The van der Waals surface area contributed by atoms with Gasteiger partial charge in [0.15, 0.2) is 5.12 Å². The normalized spacial score (nSPS) is 11.4. The van der Waals surface area contributed by atoms with Gasteiger partial charge in [-0.05, 0) is 18.1 Å². The van der Waals surface area contributed by atoms with Crippen molar-refractivity contribution >= 4 is 33.9 Å². The van der Waals surface area contributed by atoms with E-state index in [-0.39, 0.29) is 5.12 Å². The summed E-state index contributed by atoms with van der Waals surface area (Å²) in [5, 5.41) is 8.27. The van der Waals surface area contributed by atoms with Crippen molar-refractivity contribution in [2.24, 2.45) is 0 Å². The van der Waals surface area contributed by atoms with Crippen LogP contribution in [0.3, 0.4) is 0 Å². The summed E-state index contributed by atoms with van der Waals surface area (Å²) in [5.41, 5.74) is 2.20. The fourth-order valence-electron chi connectivity index (χ4n) is 1.62. The molecule has 1 aromatic heterocycles. The van der Waals surface area contributed by atoms with Crippen LogP contribution in [0.5, 0.6) is 0 Å². The number of nitrogens with zero attached hydrogens (tertiary/aromatic N) is 1. The molecule has 3 nitrogen and oxygen atoms in total. The van der Waals surface area contributed by atoms with Crippen LogP contribution >= 0.6 is 11.8 Å². The minimum Gasteiger partial charge on any atom is -0.288 e. The summed E-state index contributed by atoms with van der Waals surface area (Å²) in [6.45, 7) is 1.60. The van der Waals surface area contributed by atoms with E-state index in [9.17, 15) is 4.79 Å². The van der Waals surface area contributed by atoms with Gasteiger partial charge in [0.2, 0.25) is 0 Å². The Bertz CT molecular complexity index is 545. The van der Waals surface area contributed by atoms with Gasteiger partial charge in [-0.3, -0.25) is 9.89 Å². The standard InChI is InChI=1S/C13H14N2OS/c1-10(16)17-8-3-2-5-11-6-4-7-13-12(11)9-14-15-13/h2,4-7,9H,3,8H2,1H3,(H,14,15). The molecule has 17 heavy (non-hydrogen) atoms. The summed E-state index contributed by atoms with van der Waals surface area (Å²) in [7, 11) is 0. The van der Waals surface area contributed by atoms with Gasteiger partial charge in [-0.1, -0.05) is 36.0 Å². The Morgan fingerprint density at radius 2 is 2.41 bits per heavy atom. The number of H-pyrrole nitrogens is 1. The summed E-state index contributed by atoms with van der Waals surface area (Å²) >= 11 is 1.36. The van der Waals surface area contributed by atoms with Gasteiger partial charge in [0, 0.05) is 18.1 Å². The number of allylic oxidation sites excluding steroid dienone is 1. The number of carbonyl (C=O) groups is 1. The quantitative estimate of drug-likeness (QED) is 0.842. The second-order valence-electron chi connectivity index (χ2n) is 3.71. The van der Waals surface area contributed by atoms with E-state index in [0.29, 0.717) is 0 Å². The summed E-state index contributed by atoms with van der Waals surface area (Å²) in [4.78, 5) is 10.7. The monoisotopic (exact) mass is 246 g/mol. The van der Waals surface area contributed by atoms with Gasteiger partial charge in [0.25, 0.3) is 0 Å². The number of aromatic amines is 1. The van der Waals surface area contributed by atoms with E-state index < -0.39 is 0 Å². The second kappa shape index (κ2) is 5.68. The highest BCUT2D eigenvalue weighted by molar-refractivity contribution is 8.13. The number of benzene rings is 1. The lowest BCUT2D eigenvalue weighted by Crippen LogP contribution is -1.83. The first-order valence-corrected chi connectivity index (χ1v) is 6.48. The lowest BCUT2D eigenvalue weighted by atomic mass is 10.1. The Hall–Kier alpha value is -1.55. The molecular weight excluding hydrogens is 232 g/mol. The third kappa shape index (κ3) is 3.20. The van der Waals surface area contributed by atoms with Gasteiger partial charge in [-0.2, -0.15) is 5.10 Å². The van der Waals surface area contributed by atoms with E-state index in [1.54, 1.807) is 6.92 Å². The van der Waals surface area contributed by atoms with Crippen molar-refractivity contribution in [2.45, 2.75) is 13.3 Å². The fourth-order valence-corrected chi connectivity index (χ4v) is 2.16. The Morgan fingerprint density at radius 1 is 1.53 bits per heavy atom. The van der Waals surface area contributed by atoms with Crippen molar-refractivity contribution in [3.05, 3.63) is 36.0 Å². The van der Waals surface area contributed by atoms with Gasteiger partial charge in [-0.15, -0.1) is 0 Å². The van der Waals surface area contributed by atoms with Crippen LogP contribution in [0, 0.1) is 0 Å². The van der Waals surface area contributed by atoms with E-state index in [1.807, 2.05) is 18.3 Å². The molecule has 1 heterocycles. The fraction of sp³-hybridized carbons (Fsp3) is 0.231. The number of carbonyl (C=O) groups excluding carboxylic acids is 1. The zero-order valence-electron chi connectivity index (χ0n) is 9.64. The highest BCUT2D eigenvalue weighted by Gasteiger charge is 1.98. The molecule has 88 valence electrons. The van der Waals surface area contributed by atoms with Gasteiger partial charge >= 0.3 is 0 Å². The molecule has 0 atom stereocenters. The van der Waals surface area contributed by atoms with Crippen molar-refractivity contribution < 1.29 is 4.79 Å². The molecule has 0 aliphatic rings. The Kier molecular flexibility index (Phi) is 3.98. The van der Waals surface area contributed by atoms with Crippen LogP contribution in [0.4, 0.5) is 0 Å². The van der Waals surface area contributed by atoms with Crippen LogP contribution < -0.4 is 0 Å². The number of fused-ring (bicyclic) bond motifs is 1. The lowest BCUT2D eigenvalue weighted by molar-refractivity contribution is -0.109. The van der Waals surface area contributed by atoms with Gasteiger partial charge in [0.05, 0.1) is 11.7 Å².